The van der Waals surface area contributed by atoms with E-state index in [1.807, 2.05) is 48.5 Å². The van der Waals surface area contributed by atoms with Gasteiger partial charge in [0.2, 0.25) is 11.8 Å². The van der Waals surface area contributed by atoms with Crippen molar-refractivity contribution in [2.75, 3.05) is 6.61 Å². The number of rotatable bonds is 6. The topological polar surface area (TPSA) is 80.8 Å². The first-order chi connectivity index (χ1) is 18.3. The first-order valence-corrected chi connectivity index (χ1v) is 13.2. The van der Waals surface area contributed by atoms with E-state index in [-0.39, 0.29) is 23.7 Å². The zero-order valence-corrected chi connectivity index (χ0v) is 21.7. The predicted octanol–water partition coefficient (Wildman–Crippen LogP) is 4.98. The molecule has 1 heterocycles. The number of carbonyl (C=O) groups is 4. The van der Waals surface area contributed by atoms with Crippen LogP contribution >= 0.6 is 11.6 Å². The van der Waals surface area contributed by atoms with E-state index in [1.165, 1.54) is 0 Å². The van der Waals surface area contributed by atoms with Crippen molar-refractivity contribution >= 4 is 35.2 Å². The Morgan fingerprint density at radius 3 is 1.66 bits per heavy atom. The molecule has 38 heavy (non-hydrogen) atoms. The fraction of sp³-hybridized carbons (Fsp3) is 0.290. The van der Waals surface area contributed by atoms with Gasteiger partial charge >= 0.3 is 5.97 Å². The van der Waals surface area contributed by atoms with Crippen molar-refractivity contribution in [3.8, 4) is 0 Å². The lowest BCUT2D eigenvalue weighted by atomic mass is 9.55. The van der Waals surface area contributed by atoms with Gasteiger partial charge in [0.1, 0.15) is 6.04 Å². The quantitative estimate of drug-likeness (QED) is 0.256. The van der Waals surface area contributed by atoms with Crippen LogP contribution in [0.3, 0.4) is 0 Å². The van der Waals surface area contributed by atoms with Gasteiger partial charge in [-0.1, -0.05) is 74.0 Å². The largest absolute Gasteiger partial charge is 0.456 e. The number of hydrogen-bond donors (Lipinski definition) is 0. The molecule has 7 heteroatoms. The van der Waals surface area contributed by atoms with E-state index in [0.29, 0.717) is 10.6 Å². The molecule has 0 spiro atoms. The number of benzene rings is 3. The number of nitrogens with zero attached hydrogens (tertiary/aromatic N) is 1. The summed E-state index contributed by atoms with van der Waals surface area (Å²) in [6.45, 7) is 3.05. The van der Waals surface area contributed by atoms with E-state index in [4.69, 9.17) is 16.3 Å². The molecule has 1 saturated heterocycles. The minimum atomic E-state index is -1.12. The number of ether oxygens (including phenoxy) is 1. The molecule has 2 bridgehead atoms. The Morgan fingerprint density at radius 1 is 0.789 bits per heavy atom. The number of Topliss-reactive ketones (excluding diaryl/α,β-unsaturated/α-hetero) is 1. The van der Waals surface area contributed by atoms with Crippen molar-refractivity contribution in [2.45, 2.75) is 31.7 Å². The van der Waals surface area contributed by atoms with Gasteiger partial charge in [0.05, 0.1) is 11.8 Å². The van der Waals surface area contributed by atoms with Crippen molar-refractivity contribution in [1.29, 1.82) is 0 Å². The minimum absolute atomic E-state index is 0.255. The fourth-order valence-corrected chi connectivity index (χ4v) is 6.72. The van der Waals surface area contributed by atoms with Gasteiger partial charge in [-0.2, -0.15) is 0 Å². The molecule has 0 saturated carbocycles. The van der Waals surface area contributed by atoms with E-state index in [0.717, 1.165) is 27.2 Å². The average Bonchev–Trinajstić information content (AvgIpc) is 3.18. The fourth-order valence-electron chi connectivity index (χ4n) is 6.59. The Morgan fingerprint density at radius 2 is 1.24 bits per heavy atom. The molecule has 3 aromatic rings. The first-order valence-electron chi connectivity index (χ1n) is 12.8. The van der Waals surface area contributed by atoms with Crippen LogP contribution in [-0.2, 0) is 19.1 Å². The predicted molar refractivity (Wildman–Crippen MR) is 141 cm³/mol. The third kappa shape index (κ3) is 3.62. The van der Waals surface area contributed by atoms with Crippen LogP contribution in [0, 0.1) is 17.8 Å². The molecule has 6 nitrogen and oxygen atoms in total. The van der Waals surface area contributed by atoms with E-state index in [2.05, 4.69) is 0 Å². The van der Waals surface area contributed by atoms with Gasteiger partial charge in [0, 0.05) is 22.4 Å². The minimum Gasteiger partial charge on any atom is -0.456 e. The summed E-state index contributed by atoms with van der Waals surface area (Å²) in [5, 5.41) is 0.490. The van der Waals surface area contributed by atoms with Gasteiger partial charge in [0.15, 0.2) is 12.4 Å². The normalized spacial score (nSPS) is 23.6. The molecule has 0 unspecified atom stereocenters. The number of imide groups is 1. The SMILES string of the molecule is CC(C)[C@H](C(=O)OCC(=O)c1ccc(Cl)cc1)N1C(=O)[C@@H]2C3c4ccccc4C(c4ccccc43)[C@H]2C1=O. The average molecular weight is 528 g/mol. The summed E-state index contributed by atoms with van der Waals surface area (Å²) in [6, 6.07) is 21.2. The molecule has 1 aliphatic heterocycles. The van der Waals surface area contributed by atoms with Crippen LogP contribution < -0.4 is 0 Å². The van der Waals surface area contributed by atoms with E-state index in [9.17, 15) is 19.2 Å². The summed E-state index contributed by atoms with van der Waals surface area (Å²) in [4.78, 5) is 55.1. The maximum atomic E-state index is 14.0. The van der Waals surface area contributed by atoms with Gasteiger partial charge in [-0.05, 0) is 52.4 Å². The monoisotopic (exact) mass is 527 g/mol. The Hall–Kier alpha value is -3.77. The van der Waals surface area contributed by atoms with Crippen molar-refractivity contribution in [3.05, 3.63) is 106 Å². The molecule has 1 fully saturated rings. The molecule has 0 aromatic heterocycles. The highest BCUT2D eigenvalue weighted by Gasteiger charge is 2.63. The van der Waals surface area contributed by atoms with Gasteiger partial charge < -0.3 is 4.74 Å². The molecule has 7 rings (SSSR count). The Kier molecular flexibility index (Phi) is 5.95. The van der Waals surface area contributed by atoms with Crippen LogP contribution in [0.25, 0.3) is 0 Å². The maximum Gasteiger partial charge on any atom is 0.330 e. The lowest BCUT2D eigenvalue weighted by Gasteiger charge is -2.45. The highest BCUT2D eigenvalue weighted by atomic mass is 35.5. The van der Waals surface area contributed by atoms with Crippen molar-refractivity contribution in [1.82, 2.24) is 4.90 Å². The summed E-state index contributed by atoms with van der Waals surface area (Å²) in [6.07, 6.45) is 0. The Labute approximate surface area is 225 Å². The zero-order valence-electron chi connectivity index (χ0n) is 21.0. The summed E-state index contributed by atoms with van der Waals surface area (Å²) in [5.74, 6) is -3.92. The summed E-state index contributed by atoms with van der Waals surface area (Å²) in [7, 11) is 0. The molecule has 4 aliphatic rings. The lowest BCUT2D eigenvalue weighted by Crippen LogP contribution is -2.49. The lowest BCUT2D eigenvalue weighted by molar-refractivity contribution is -0.160. The molecule has 2 amide bonds. The Balaban J connectivity index is 1.31. The third-order valence-electron chi connectivity index (χ3n) is 8.15. The van der Waals surface area contributed by atoms with Crippen LogP contribution in [0.15, 0.2) is 72.8 Å². The molecule has 0 radical (unpaired) electrons. The first kappa shape index (κ1) is 24.6. The van der Waals surface area contributed by atoms with Gasteiger partial charge in [-0.3, -0.25) is 19.3 Å². The van der Waals surface area contributed by atoms with Gasteiger partial charge in [0.25, 0.3) is 0 Å². The summed E-state index contributed by atoms with van der Waals surface area (Å²) >= 11 is 5.89. The van der Waals surface area contributed by atoms with Crippen LogP contribution in [0.1, 0.15) is 58.3 Å². The standard InChI is InChI=1S/C31H26ClNO5/c1-16(2)28(31(37)38-15-23(34)17-11-13-18(32)14-12-17)33-29(35)26-24-19-7-3-4-8-20(19)25(27(26)30(33)36)22-10-6-5-9-21(22)24/h3-14,16,24-28H,15H2,1-2H3/t24?,25?,26-,27-,28-/m1/s1. The van der Waals surface area contributed by atoms with Crippen LogP contribution in [0.2, 0.25) is 5.02 Å². The van der Waals surface area contributed by atoms with E-state index in [1.54, 1.807) is 38.1 Å². The van der Waals surface area contributed by atoms with Crippen molar-refractivity contribution in [3.63, 3.8) is 0 Å². The van der Waals surface area contributed by atoms with Crippen molar-refractivity contribution < 1.29 is 23.9 Å². The summed E-state index contributed by atoms with van der Waals surface area (Å²) in [5.41, 5.74) is 4.63. The highest BCUT2D eigenvalue weighted by Crippen LogP contribution is 2.61. The number of halogens is 1. The third-order valence-corrected chi connectivity index (χ3v) is 8.40. The molecular weight excluding hydrogens is 502 g/mol. The molecule has 3 aromatic carbocycles. The number of amides is 2. The van der Waals surface area contributed by atoms with Crippen LogP contribution in [0.5, 0.6) is 0 Å². The zero-order chi connectivity index (χ0) is 26.7. The second-order valence-corrected chi connectivity index (χ2v) is 11.0. The number of likely N-dealkylation sites (tertiary alicyclic amines) is 1. The number of esters is 1. The molecular formula is C31H26ClNO5. The van der Waals surface area contributed by atoms with E-state index < -0.39 is 42.2 Å². The molecule has 192 valence electrons. The maximum absolute atomic E-state index is 14.0. The van der Waals surface area contributed by atoms with Gasteiger partial charge in [-0.15, -0.1) is 0 Å². The smallest absolute Gasteiger partial charge is 0.330 e. The molecule has 3 atom stereocenters. The van der Waals surface area contributed by atoms with Crippen LogP contribution in [0.4, 0.5) is 0 Å². The summed E-state index contributed by atoms with van der Waals surface area (Å²) < 4.78 is 5.40. The number of carbonyl (C=O) groups excluding carboxylic acids is 4. The second kappa shape index (κ2) is 9.21. The second-order valence-electron chi connectivity index (χ2n) is 10.5. The Bertz CT molecular complexity index is 1360. The number of hydrogen-bond acceptors (Lipinski definition) is 5. The number of ketones is 1. The molecule has 0 N–H and O–H groups in total. The van der Waals surface area contributed by atoms with Crippen molar-refractivity contribution in [2.24, 2.45) is 17.8 Å². The highest BCUT2D eigenvalue weighted by molar-refractivity contribution is 6.30. The van der Waals surface area contributed by atoms with Gasteiger partial charge in [-0.25, -0.2) is 4.79 Å². The molecule has 3 aliphatic carbocycles. The van der Waals surface area contributed by atoms with E-state index >= 15 is 0 Å². The van der Waals surface area contributed by atoms with Crippen LogP contribution in [-0.4, -0.2) is 41.1 Å².